The van der Waals surface area contributed by atoms with Gasteiger partial charge < -0.3 is 5.32 Å². The van der Waals surface area contributed by atoms with Crippen molar-refractivity contribution in [3.63, 3.8) is 0 Å². The van der Waals surface area contributed by atoms with E-state index in [0.717, 1.165) is 19.5 Å². The Hall–Kier alpha value is -0.130. The Balaban J connectivity index is 3.86. The van der Waals surface area contributed by atoms with Crippen molar-refractivity contribution in [1.29, 1.82) is 0 Å². The monoisotopic (exact) mass is 250 g/mol. The zero-order valence-electron chi connectivity index (χ0n) is 11.0. The second-order valence-electron chi connectivity index (χ2n) is 4.59. The van der Waals surface area contributed by atoms with Crippen LogP contribution in [0.15, 0.2) is 0 Å². The minimum absolute atomic E-state index is 0.243. The van der Waals surface area contributed by atoms with E-state index in [4.69, 9.17) is 0 Å². The van der Waals surface area contributed by atoms with Crippen LogP contribution in [0, 0.1) is 5.92 Å². The highest BCUT2D eigenvalue weighted by atomic mass is 32.2. The van der Waals surface area contributed by atoms with Crippen LogP contribution < -0.4 is 5.32 Å². The summed E-state index contributed by atoms with van der Waals surface area (Å²) in [4.78, 5) is 0. The third-order valence-corrected chi connectivity index (χ3v) is 4.18. The van der Waals surface area contributed by atoms with Crippen molar-refractivity contribution in [2.24, 2.45) is 5.92 Å². The molecule has 0 heterocycles. The minimum atomic E-state index is -3.05. The van der Waals surface area contributed by atoms with Crippen LogP contribution in [0.4, 0.5) is 0 Å². The lowest BCUT2D eigenvalue weighted by atomic mass is 10.2. The van der Waals surface area contributed by atoms with Gasteiger partial charge in [0.05, 0.1) is 5.75 Å². The van der Waals surface area contributed by atoms with Crippen molar-refractivity contribution < 1.29 is 8.42 Å². The Morgan fingerprint density at radius 1 is 1.25 bits per heavy atom. The molecule has 0 saturated carbocycles. The molecule has 0 rings (SSSR count). The Labute approximate surface area is 100 Å². The van der Waals surface area contributed by atoms with E-state index in [2.05, 4.69) is 12.2 Å². The average Bonchev–Trinajstić information content (AvgIpc) is 2.16. The van der Waals surface area contributed by atoms with E-state index < -0.39 is 10.0 Å². The molecular formula is C11H26N2O2S. The maximum Gasteiger partial charge on any atom is 0.213 e. The maximum atomic E-state index is 11.8. The molecule has 16 heavy (non-hydrogen) atoms. The summed E-state index contributed by atoms with van der Waals surface area (Å²) in [6.07, 6.45) is 1.77. The van der Waals surface area contributed by atoms with Crippen LogP contribution in [0.3, 0.4) is 0 Å². The molecule has 0 aromatic heterocycles. The zero-order chi connectivity index (χ0) is 12.6. The first-order valence-corrected chi connectivity index (χ1v) is 7.65. The lowest BCUT2D eigenvalue weighted by molar-refractivity contribution is 0.416. The van der Waals surface area contributed by atoms with Gasteiger partial charge in [-0.25, -0.2) is 12.7 Å². The fraction of sp³-hybridized carbons (Fsp3) is 1.00. The summed E-state index contributed by atoms with van der Waals surface area (Å²) in [7, 11) is -1.39. The Bertz CT molecular complexity index is 263. The second kappa shape index (κ2) is 8.03. The summed E-state index contributed by atoms with van der Waals surface area (Å²) in [5, 5.41) is 3.20. The van der Waals surface area contributed by atoms with Crippen LogP contribution in [0.5, 0.6) is 0 Å². The molecule has 0 radical (unpaired) electrons. The molecule has 0 saturated heterocycles. The van der Waals surface area contributed by atoms with Gasteiger partial charge in [-0.1, -0.05) is 20.8 Å². The molecule has 0 bridgehead atoms. The van der Waals surface area contributed by atoms with Crippen molar-refractivity contribution in [2.75, 3.05) is 32.4 Å². The molecule has 4 nitrogen and oxygen atoms in total. The fourth-order valence-corrected chi connectivity index (χ4v) is 2.81. The SMILES string of the molecule is CCCNCCCS(=O)(=O)N(C)CC(C)C. The van der Waals surface area contributed by atoms with Gasteiger partial charge in [0, 0.05) is 13.6 Å². The van der Waals surface area contributed by atoms with Crippen LogP contribution in [0.1, 0.15) is 33.6 Å². The highest BCUT2D eigenvalue weighted by molar-refractivity contribution is 7.89. The second-order valence-corrected chi connectivity index (χ2v) is 6.79. The van der Waals surface area contributed by atoms with Crippen molar-refractivity contribution in [3.8, 4) is 0 Å². The number of rotatable bonds is 9. The first-order chi connectivity index (χ1) is 7.40. The third kappa shape index (κ3) is 7.19. The van der Waals surface area contributed by atoms with Gasteiger partial charge in [-0.15, -0.1) is 0 Å². The maximum absolute atomic E-state index is 11.8. The smallest absolute Gasteiger partial charge is 0.213 e. The van der Waals surface area contributed by atoms with Gasteiger partial charge in [0.2, 0.25) is 10.0 Å². The lowest BCUT2D eigenvalue weighted by Gasteiger charge is -2.19. The van der Waals surface area contributed by atoms with Gasteiger partial charge in [-0.05, 0) is 31.8 Å². The molecule has 98 valence electrons. The van der Waals surface area contributed by atoms with Crippen molar-refractivity contribution >= 4 is 10.0 Å². The predicted octanol–water partition coefficient (Wildman–Crippen LogP) is 1.29. The number of nitrogens with one attached hydrogen (secondary N) is 1. The highest BCUT2D eigenvalue weighted by Gasteiger charge is 2.17. The normalized spacial score (nSPS) is 12.6. The quantitative estimate of drug-likeness (QED) is 0.627. The summed E-state index contributed by atoms with van der Waals surface area (Å²) in [5.41, 5.74) is 0. The molecule has 0 aliphatic rings. The van der Waals surface area contributed by atoms with E-state index in [9.17, 15) is 8.42 Å². The van der Waals surface area contributed by atoms with Crippen LogP contribution in [-0.4, -0.2) is 45.2 Å². The van der Waals surface area contributed by atoms with E-state index in [-0.39, 0.29) is 5.75 Å². The van der Waals surface area contributed by atoms with Crippen molar-refractivity contribution in [3.05, 3.63) is 0 Å². The van der Waals surface area contributed by atoms with Gasteiger partial charge in [-0.2, -0.15) is 0 Å². The van der Waals surface area contributed by atoms with Crippen LogP contribution >= 0.6 is 0 Å². The molecule has 0 amide bonds. The van der Waals surface area contributed by atoms with Gasteiger partial charge >= 0.3 is 0 Å². The standard InChI is InChI=1S/C11H26N2O2S/c1-5-7-12-8-6-9-16(14,15)13(4)10-11(2)3/h11-12H,5-10H2,1-4H3. The molecule has 0 unspecified atom stereocenters. The lowest BCUT2D eigenvalue weighted by Crippen LogP contribution is -2.33. The summed E-state index contributed by atoms with van der Waals surface area (Å²) in [5.74, 6) is 0.616. The molecule has 0 atom stereocenters. The molecular weight excluding hydrogens is 224 g/mol. The molecule has 0 aromatic rings. The molecule has 0 fully saturated rings. The number of hydrogen-bond donors (Lipinski definition) is 1. The molecule has 5 heteroatoms. The Morgan fingerprint density at radius 2 is 1.88 bits per heavy atom. The van der Waals surface area contributed by atoms with E-state index in [1.54, 1.807) is 7.05 Å². The zero-order valence-corrected chi connectivity index (χ0v) is 11.8. The van der Waals surface area contributed by atoms with Crippen LogP contribution in [0.25, 0.3) is 0 Å². The minimum Gasteiger partial charge on any atom is -0.317 e. The van der Waals surface area contributed by atoms with Crippen LogP contribution in [-0.2, 0) is 10.0 Å². The Morgan fingerprint density at radius 3 is 2.38 bits per heavy atom. The van der Waals surface area contributed by atoms with Gasteiger partial charge in [0.1, 0.15) is 0 Å². The summed E-state index contributed by atoms with van der Waals surface area (Å²) in [6, 6.07) is 0. The number of nitrogens with zero attached hydrogens (tertiary/aromatic N) is 1. The summed E-state index contributed by atoms with van der Waals surface area (Å²) in [6.45, 7) is 8.49. The first kappa shape index (κ1) is 15.9. The summed E-state index contributed by atoms with van der Waals surface area (Å²) >= 11 is 0. The van der Waals surface area contributed by atoms with E-state index >= 15 is 0 Å². The van der Waals surface area contributed by atoms with Crippen LogP contribution in [0.2, 0.25) is 0 Å². The molecule has 0 aliphatic carbocycles. The highest BCUT2D eigenvalue weighted by Crippen LogP contribution is 2.04. The topological polar surface area (TPSA) is 49.4 Å². The Kier molecular flexibility index (Phi) is 7.97. The first-order valence-electron chi connectivity index (χ1n) is 6.05. The van der Waals surface area contributed by atoms with Crippen molar-refractivity contribution in [2.45, 2.75) is 33.6 Å². The largest absolute Gasteiger partial charge is 0.317 e. The molecule has 1 N–H and O–H groups in total. The average molecular weight is 250 g/mol. The fourth-order valence-electron chi connectivity index (χ4n) is 1.46. The predicted molar refractivity (Wildman–Crippen MR) is 69.0 cm³/mol. The molecule has 0 aliphatic heterocycles. The summed E-state index contributed by atoms with van der Waals surface area (Å²) < 4.78 is 25.1. The number of hydrogen-bond acceptors (Lipinski definition) is 3. The van der Waals surface area contributed by atoms with Gasteiger partial charge in [0.25, 0.3) is 0 Å². The van der Waals surface area contributed by atoms with Gasteiger partial charge in [0.15, 0.2) is 0 Å². The van der Waals surface area contributed by atoms with Crippen molar-refractivity contribution in [1.82, 2.24) is 9.62 Å². The number of sulfonamides is 1. The van der Waals surface area contributed by atoms with E-state index in [1.807, 2.05) is 13.8 Å². The third-order valence-electron chi connectivity index (χ3n) is 2.28. The van der Waals surface area contributed by atoms with E-state index in [0.29, 0.717) is 18.9 Å². The van der Waals surface area contributed by atoms with E-state index in [1.165, 1.54) is 4.31 Å². The van der Waals surface area contributed by atoms with Gasteiger partial charge in [-0.3, -0.25) is 0 Å². The molecule has 0 aromatic carbocycles. The molecule has 0 spiro atoms.